The van der Waals surface area contributed by atoms with Gasteiger partial charge in [-0.1, -0.05) is 0 Å². The van der Waals surface area contributed by atoms with Crippen LogP contribution in [0.1, 0.15) is 17.4 Å². The number of hydrogen-bond acceptors (Lipinski definition) is 3. The molecule has 142 valence electrons. The number of anilines is 1. The Hall–Kier alpha value is -2.34. The molecule has 0 radical (unpaired) electrons. The van der Waals surface area contributed by atoms with Crippen molar-refractivity contribution in [3.05, 3.63) is 11.9 Å². The second-order valence-electron chi connectivity index (χ2n) is 5.02. The zero-order chi connectivity index (χ0) is 19.8. The Labute approximate surface area is 136 Å². The minimum atomic E-state index is -6.65. The summed E-state index contributed by atoms with van der Waals surface area (Å²) < 4.78 is 89.8. The van der Waals surface area contributed by atoms with Gasteiger partial charge < -0.3 is 10.2 Å². The zero-order valence-electron chi connectivity index (χ0n) is 13.1. The molecule has 2 amide bonds. The number of halogens is 7. The number of carbonyl (C=O) groups is 2. The number of nitrogens with zero attached hydrogens (tertiary/aromatic N) is 3. The van der Waals surface area contributed by atoms with Gasteiger partial charge in [0, 0.05) is 20.6 Å². The highest BCUT2D eigenvalue weighted by molar-refractivity contribution is 6.04. The molecule has 0 unspecified atom stereocenters. The SMILES string of the molecule is CCn1ncc(NC(=O)C(F)(F)C(F)(F)C(F)(F)F)c1C(=O)N(C)C. The van der Waals surface area contributed by atoms with E-state index >= 15 is 0 Å². The monoisotopic (exact) mass is 378 g/mol. The molecule has 0 bridgehead atoms. The van der Waals surface area contributed by atoms with Crippen LogP contribution in [-0.2, 0) is 11.3 Å². The molecule has 0 saturated heterocycles. The number of alkyl halides is 7. The third-order valence-electron chi connectivity index (χ3n) is 3.03. The number of aryl methyl sites for hydroxylation is 1. The van der Waals surface area contributed by atoms with E-state index in [0.29, 0.717) is 6.20 Å². The van der Waals surface area contributed by atoms with Gasteiger partial charge in [0.15, 0.2) is 0 Å². The summed E-state index contributed by atoms with van der Waals surface area (Å²) in [5.74, 6) is -16.5. The Morgan fingerprint density at radius 3 is 2.08 bits per heavy atom. The van der Waals surface area contributed by atoms with Gasteiger partial charge in [0.05, 0.1) is 11.9 Å². The number of amides is 2. The van der Waals surface area contributed by atoms with E-state index in [1.165, 1.54) is 26.3 Å². The van der Waals surface area contributed by atoms with E-state index in [1.807, 2.05) is 0 Å². The standard InChI is InChI=1S/C12H13F7N4O2/c1-4-23-7(8(24)22(2)3)6(5-20-23)21-9(25)10(13,14)11(15,16)12(17,18)19/h5H,4H2,1-3H3,(H,21,25). The molecule has 0 aromatic carbocycles. The molecule has 1 aromatic rings. The fourth-order valence-corrected chi connectivity index (χ4v) is 1.68. The maximum atomic E-state index is 13.4. The lowest BCUT2D eigenvalue weighted by Gasteiger charge is -2.27. The Kier molecular flexibility index (Phi) is 5.40. The normalized spacial score (nSPS) is 12.9. The summed E-state index contributed by atoms with van der Waals surface area (Å²) in [4.78, 5) is 24.3. The van der Waals surface area contributed by atoms with Gasteiger partial charge in [-0.15, -0.1) is 0 Å². The summed E-state index contributed by atoms with van der Waals surface area (Å²) in [5, 5.41) is 4.80. The van der Waals surface area contributed by atoms with Gasteiger partial charge in [0.2, 0.25) is 0 Å². The highest BCUT2D eigenvalue weighted by Crippen LogP contribution is 2.46. The Balaban J connectivity index is 3.25. The number of nitrogens with one attached hydrogen (secondary N) is 1. The number of carbonyl (C=O) groups excluding carboxylic acids is 2. The lowest BCUT2D eigenvalue weighted by atomic mass is 10.1. The lowest BCUT2D eigenvalue weighted by Crippen LogP contribution is -2.57. The van der Waals surface area contributed by atoms with Crippen LogP contribution in [0.15, 0.2) is 6.20 Å². The van der Waals surface area contributed by atoms with Crippen molar-refractivity contribution in [2.45, 2.75) is 31.5 Å². The predicted octanol–water partition coefficient (Wildman–Crippen LogP) is 2.38. The molecule has 1 aromatic heterocycles. The second kappa shape index (κ2) is 6.52. The number of rotatable bonds is 5. The van der Waals surface area contributed by atoms with Gasteiger partial charge in [0.1, 0.15) is 5.69 Å². The summed E-state index contributed by atoms with van der Waals surface area (Å²) in [5.41, 5.74) is -1.17. The second-order valence-corrected chi connectivity index (χ2v) is 5.02. The fourth-order valence-electron chi connectivity index (χ4n) is 1.68. The fraction of sp³-hybridized carbons (Fsp3) is 0.583. The molecule has 0 aliphatic rings. The molecular weight excluding hydrogens is 365 g/mol. The third kappa shape index (κ3) is 3.54. The van der Waals surface area contributed by atoms with E-state index in [2.05, 4.69) is 5.10 Å². The topological polar surface area (TPSA) is 67.2 Å². The van der Waals surface area contributed by atoms with Crippen LogP contribution in [0, 0.1) is 0 Å². The van der Waals surface area contributed by atoms with Crippen LogP contribution >= 0.6 is 0 Å². The predicted molar refractivity (Wildman–Crippen MR) is 70.5 cm³/mol. The van der Waals surface area contributed by atoms with Crippen LogP contribution < -0.4 is 5.32 Å². The molecular formula is C12H13F7N4O2. The highest BCUT2D eigenvalue weighted by atomic mass is 19.4. The third-order valence-corrected chi connectivity index (χ3v) is 3.03. The van der Waals surface area contributed by atoms with Crippen molar-refractivity contribution in [1.82, 2.24) is 14.7 Å². The van der Waals surface area contributed by atoms with Gasteiger partial charge in [-0.3, -0.25) is 14.3 Å². The summed E-state index contributed by atoms with van der Waals surface area (Å²) >= 11 is 0. The molecule has 6 nitrogen and oxygen atoms in total. The number of hydrogen-bond donors (Lipinski definition) is 1. The quantitative estimate of drug-likeness (QED) is 0.800. The van der Waals surface area contributed by atoms with Gasteiger partial charge in [-0.25, -0.2) is 0 Å². The van der Waals surface area contributed by atoms with Crippen molar-refractivity contribution in [2.75, 3.05) is 19.4 Å². The van der Waals surface area contributed by atoms with Gasteiger partial charge in [-0.05, 0) is 6.92 Å². The first kappa shape index (κ1) is 20.7. The summed E-state index contributed by atoms with van der Waals surface area (Å²) in [6.45, 7) is 1.54. The van der Waals surface area contributed by atoms with Gasteiger partial charge >= 0.3 is 23.9 Å². The molecule has 1 N–H and O–H groups in total. The first-order valence-electron chi connectivity index (χ1n) is 6.59. The van der Waals surface area contributed by atoms with Crippen LogP contribution in [0.25, 0.3) is 0 Å². The molecule has 0 aliphatic carbocycles. The van der Waals surface area contributed by atoms with Crippen LogP contribution in [0.5, 0.6) is 0 Å². The van der Waals surface area contributed by atoms with E-state index in [4.69, 9.17) is 0 Å². The molecule has 0 atom stereocenters. The summed E-state index contributed by atoms with van der Waals surface area (Å²) in [6, 6.07) is 0. The maximum absolute atomic E-state index is 13.4. The average Bonchev–Trinajstić information content (AvgIpc) is 2.87. The van der Waals surface area contributed by atoms with E-state index in [9.17, 15) is 40.3 Å². The Morgan fingerprint density at radius 2 is 1.68 bits per heavy atom. The minimum Gasteiger partial charge on any atom is -0.343 e. The Morgan fingerprint density at radius 1 is 1.16 bits per heavy atom. The van der Waals surface area contributed by atoms with E-state index in [0.717, 1.165) is 9.58 Å². The van der Waals surface area contributed by atoms with Gasteiger partial charge in [-0.2, -0.15) is 35.8 Å². The van der Waals surface area contributed by atoms with Crippen molar-refractivity contribution >= 4 is 17.5 Å². The van der Waals surface area contributed by atoms with Crippen molar-refractivity contribution in [3.63, 3.8) is 0 Å². The molecule has 0 aliphatic heterocycles. The first-order chi connectivity index (χ1) is 11.2. The minimum absolute atomic E-state index is 0.0416. The van der Waals surface area contributed by atoms with E-state index < -0.39 is 41.2 Å². The molecule has 0 fully saturated rings. The largest absolute Gasteiger partial charge is 0.460 e. The smallest absolute Gasteiger partial charge is 0.343 e. The van der Waals surface area contributed by atoms with Crippen molar-refractivity contribution in [3.8, 4) is 0 Å². The zero-order valence-corrected chi connectivity index (χ0v) is 13.1. The lowest BCUT2D eigenvalue weighted by molar-refractivity contribution is -0.343. The highest BCUT2D eigenvalue weighted by Gasteiger charge is 2.76. The van der Waals surface area contributed by atoms with E-state index in [-0.39, 0.29) is 6.54 Å². The Bertz CT molecular complexity index is 667. The van der Waals surface area contributed by atoms with Crippen LogP contribution in [-0.4, -0.2) is 58.6 Å². The number of aromatic nitrogens is 2. The summed E-state index contributed by atoms with van der Waals surface area (Å²) in [7, 11) is 2.54. The molecule has 1 rings (SSSR count). The molecule has 1 heterocycles. The van der Waals surface area contributed by atoms with Crippen molar-refractivity contribution < 1.29 is 40.3 Å². The van der Waals surface area contributed by atoms with Crippen molar-refractivity contribution in [2.24, 2.45) is 0 Å². The summed E-state index contributed by atoms with van der Waals surface area (Å²) in [6.07, 6.45) is -5.95. The van der Waals surface area contributed by atoms with E-state index in [1.54, 1.807) is 0 Å². The molecule has 0 saturated carbocycles. The molecule has 25 heavy (non-hydrogen) atoms. The molecule has 0 spiro atoms. The van der Waals surface area contributed by atoms with Crippen LogP contribution in [0.2, 0.25) is 0 Å². The van der Waals surface area contributed by atoms with Gasteiger partial charge in [0.25, 0.3) is 5.91 Å². The average molecular weight is 378 g/mol. The van der Waals surface area contributed by atoms with Crippen molar-refractivity contribution in [1.29, 1.82) is 0 Å². The first-order valence-corrected chi connectivity index (χ1v) is 6.59. The molecule has 13 heteroatoms. The maximum Gasteiger partial charge on any atom is 0.460 e. The van der Waals surface area contributed by atoms with Crippen LogP contribution in [0.3, 0.4) is 0 Å². The van der Waals surface area contributed by atoms with Crippen LogP contribution in [0.4, 0.5) is 36.4 Å².